The van der Waals surface area contributed by atoms with Crippen LogP contribution in [0.5, 0.6) is 0 Å². The summed E-state index contributed by atoms with van der Waals surface area (Å²) in [6.07, 6.45) is 34.4. The molecule has 16 aromatic rings. The highest BCUT2D eigenvalue weighted by molar-refractivity contribution is 5.84. The lowest BCUT2D eigenvalue weighted by molar-refractivity contribution is 0.163. The zero-order valence-corrected chi connectivity index (χ0v) is 76.5. The number of nitrogens with zero attached hydrogens (tertiary/aromatic N) is 28. The van der Waals surface area contributed by atoms with Gasteiger partial charge in [-0.05, 0) is 244 Å². The molecule has 0 bridgehead atoms. The second kappa shape index (κ2) is 37.9. The summed E-state index contributed by atoms with van der Waals surface area (Å²) in [5.41, 5.74) is 19.3. The average Bonchev–Trinajstić information content (AvgIpc) is 1.75. The van der Waals surface area contributed by atoms with Crippen LogP contribution in [-0.2, 0) is 7.05 Å². The van der Waals surface area contributed by atoms with E-state index >= 15 is 0 Å². The third-order valence-corrected chi connectivity index (χ3v) is 27.0. The maximum absolute atomic E-state index is 13.1. The Labute approximate surface area is 758 Å². The standard InChI is InChI=1S/C27H33N7O.C26H31N7O.C23H28N8O.C22H24N6O2/c1-19-16-34-25(20(2)28-19)14-24(30-34)23-15-27(35)33-18-22(6-7-26(33)29-23)32-12-8-21(9-13-32)17-31-10-4-3-5-11-31;1-18-15-33-24(19(2)27-18)13-23(29-33)22-14-26(34)32-17-21(5-6-25(32)28-22)31-11-7-20(8-12-31)16-30-9-3-4-10-30;1-15-12-31-20(16(2)25-15)9-19(27-31)18-10-23(32)30-14-22(24-11-21(30)26-18)29-7-5-17(6-8-29)13-28(3)4;1-26-13-17-10-16(2-3-18(17)25-26)19-11-22(30)28-14-20(23-12-21(28)24-19)15-4-6-27(7-5-15)8-9-29/h6-7,14-16,18,21H,3-5,8-13,17H2,1-2H3;5-6,13-15,17,20H,3-4,7-12,16H2,1-2H3;9-12,14,17H,5-8,13H2,1-4H3;2-3,10-15,29H,4-9H2,1H3. The summed E-state index contributed by atoms with van der Waals surface area (Å²) in [6.45, 7) is 29.2. The van der Waals surface area contributed by atoms with Crippen molar-refractivity contribution in [3.05, 3.63) is 228 Å². The van der Waals surface area contributed by atoms with Crippen LogP contribution < -0.4 is 36.9 Å². The van der Waals surface area contributed by atoms with Crippen LogP contribution in [0.2, 0.25) is 0 Å². The number of β-amino-alcohol motifs (C(OH)–C–C–N with tert-alkyl or cyclic N) is 1. The van der Waals surface area contributed by atoms with Crippen molar-refractivity contribution in [3.63, 3.8) is 0 Å². The average molecular weight is 1770 g/mol. The Hall–Kier alpha value is -13.0. The molecular weight excluding hydrogens is 1650 g/mol. The molecule has 0 amide bonds. The van der Waals surface area contributed by atoms with E-state index in [9.17, 15) is 19.2 Å². The van der Waals surface area contributed by atoms with Gasteiger partial charge in [0, 0.05) is 138 Å². The summed E-state index contributed by atoms with van der Waals surface area (Å²) < 4.78 is 13.7. The number of aryl methyl sites for hydroxylation is 7. The number of pyridine rings is 2. The number of rotatable bonds is 16. The second-order valence-electron chi connectivity index (χ2n) is 37.0. The molecule has 0 spiro atoms. The van der Waals surface area contributed by atoms with E-state index < -0.39 is 0 Å². The largest absolute Gasteiger partial charge is 0.395 e. The summed E-state index contributed by atoms with van der Waals surface area (Å²) in [6, 6.07) is 26.1. The van der Waals surface area contributed by atoms with E-state index in [2.05, 4.69) is 116 Å². The first-order valence-electron chi connectivity index (χ1n) is 46.5. The summed E-state index contributed by atoms with van der Waals surface area (Å²) in [4.78, 5) is 110. The quantitative estimate of drug-likeness (QED) is 0.0939. The fourth-order valence-corrected chi connectivity index (χ4v) is 20.1. The van der Waals surface area contributed by atoms with Gasteiger partial charge < -0.3 is 39.4 Å². The van der Waals surface area contributed by atoms with E-state index in [0.717, 1.165) is 193 Å². The molecule has 33 nitrogen and oxygen atoms in total. The Morgan fingerprint density at radius 2 is 0.809 bits per heavy atom. The molecule has 0 unspecified atom stereocenters. The van der Waals surface area contributed by atoms with Crippen molar-refractivity contribution in [1.29, 1.82) is 0 Å². The number of anilines is 3. The van der Waals surface area contributed by atoms with Crippen molar-refractivity contribution in [2.45, 2.75) is 131 Å². The van der Waals surface area contributed by atoms with Crippen molar-refractivity contribution in [3.8, 4) is 45.4 Å². The minimum atomic E-state index is -0.140. The molecular formula is C98H116N28O5. The van der Waals surface area contributed by atoms with Gasteiger partial charge in [0.2, 0.25) is 0 Å². The minimum Gasteiger partial charge on any atom is -0.395 e. The van der Waals surface area contributed by atoms with Gasteiger partial charge in [0.05, 0.1) is 140 Å². The Morgan fingerprint density at radius 3 is 1.29 bits per heavy atom. The smallest absolute Gasteiger partial charge is 0.258 e. The molecule has 0 saturated carbocycles. The molecule has 1 N–H and O–H groups in total. The van der Waals surface area contributed by atoms with Crippen LogP contribution in [0, 0.1) is 59.3 Å². The number of fused-ring (bicyclic) bond motifs is 8. The molecule has 22 rings (SSSR count). The normalized spacial score (nSPS) is 16.9. The van der Waals surface area contributed by atoms with Gasteiger partial charge in [-0.25, -0.2) is 38.5 Å². The fraction of sp³-hybridized carbons (Fsp3) is 0.439. The Kier molecular flexibility index (Phi) is 25.3. The van der Waals surface area contributed by atoms with Gasteiger partial charge in [-0.2, -0.15) is 20.4 Å². The second-order valence-corrected chi connectivity index (χ2v) is 37.0. The molecule has 6 saturated heterocycles. The first-order chi connectivity index (χ1) is 63.5. The van der Waals surface area contributed by atoms with E-state index in [1.807, 2.05) is 156 Å². The summed E-state index contributed by atoms with van der Waals surface area (Å²) in [7, 11) is 6.13. The molecule has 6 aliphatic heterocycles. The third kappa shape index (κ3) is 19.5. The van der Waals surface area contributed by atoms with Crippen molar-refractivity contribution in [1.82, 2.24) is 121 Å². The number of aromatic nitrogens is 21. The van der Waals surface area contributed by atoms with Gasteiger partial charge in [-0.3, -0.25) is 61.4 Å². The van der Waals surface area contributed by atoms with Crippen LogP contribution in [0.4, 0.5) is 17.2 Å². The summed E-state index contributed by atoms with van der Waals surface area (Å²) in [5, 5.41) is 28.4. The lowest BCUT2D eigenvalue weighted by Gasteiger charge is -2.37. The highest BCUT2D eigenvalue weighted by atomic mass is 16.3. The van der Waals surface area contributed by atoms with E-state index in [1.165, 1.54) is 103 Å². The minimum absolute atomic E-state index is 0.0880. The van der Waals surface area contributed by atoms with Crippen LogP contribution >= 0.6 is 0 Å². The molecule has 0 radical (unpaired) electrons. The molecule has 33 heteroatoms. The number of likely N-dealkylation sites (tertiary alicyclic amines) is 3. The van der Waals surface area contributed by atoms with Gasteiger partial charge >= 0.3 is 0 Å². The number of hydrogen-bond acceptors (Lipinski definition) is 25. The van der Waals surface area contributed by atoms with Crippen molar-refractivity contribution < 1.29 is 5.11 Å². The fourth-order valence-electron chi connectivity index (χ4n) is 20.1. The maximum Gasteiger partial charge on any atom is 0.258 e. The van der Waals surface area contributed by atoms with E-state index in [0.29, 0.717) is 74.3 Å². The van der Waals surface area contributed by atoms with Crippen LogP contribution in [0.1, 0.15) is 129 Å². The van der Waals surface area contributed by atoms with Crippen molar-refractivity contribution in [2.24, 2.45) is 24.8 Å². The number of aliphatic hydroxyl groups is 1. The zero-order valence-electron chi connectivity index (χ0n) is 76.5. The van der Waals surface area contributed by atoms with Gasteiger partial charge in [-0.15, -0.1) is 0 Å². The van der Waals surface area contributed by atoms with Gasteiger partial charge in [-0.1, -0.05) is 12.5 Å². The number of piperidine rings is 5. The van der Waals surface area contributed by atoms with Crippen LogP contribution in [-0.4, -0.2) is 251 Å². The Morgan fingerprint density at radius 1 is 0.382 bits per heavy atom. The highest BCUT2D eigenvalue weighted by Crippen LogP contribution is 2.33. The van der Waals surface area contributed by atoms with Crippen LogP contribution in [0.25, 0.3) is 95.5 Å². The molecule has 0 atom stereocenters. The predicted molar refractivity (Wildman–Crippen MR) is 510 cm³/mol. The molecule has 6 fully saturated rings. The lowest BCUT2D eigenvalue weighted by Crippen LogP contribution is -2.40. The molecule has 1 aromatic carbocycles. The van der Waals surface area contributed by atoms with Crippen molar-refractivity contribution >= 4 is 67.2 Å². The third-order valence-electron chi connectivity index (χ3n) is 27.0. The first kappa shape index (κ1) is 87.4. The van der Waals surface area contributed by atoms with Crippen LogP contribution in [0.3, 0.4) is 0 Å². The van der Waals surface area contributed by atoms with Crippen molar-refractivity contribution in [2.75, 3.05) is 140 Å². The highest BCUT2D eigenvalue weighted by Gasteiger charge is 2.29. The number of benzene rings is 1. The maximum atomic E-state index is 13.1. The molecule has 21 heterocycles. The van der Waals surface area contributed by atoms with E-state index in [4.69, 9.17) is 15.1 Å². The van der Waals surface area contributed by atoms with E-state index in [1.54, 1.807) is 57.4 Å². The van der Waals surface area contributed by atoms with Gasteiger partial charge in [0.1, 0.15) is 34.2 Å². The molecule has 6 aliphatic rings. The lowest BCUT2D eigenvalue weighted by atomic mass is 9.94. The van der Waals surface area contributed by atoms with Gasteiger partial charge in [0.25, 0.3) is 22.2 Å². The zero-order chi connectivity index (χ0) is 90.2. The number of hydrogen-bond donors (Lipinski definition) is 1. The van der Waals surface area contributed by atoms with Crippen LogP contribution in [0.15, 0.2) is 166 Å². The Balaban J connectivity index is 0.000000113. The molecule has 0 aliphatic carbocycles. The SMILES string of the molecule is Cc1cn2nc(-c3cc(=O)n4cc(N5CCC(CN(C)C)CC5)ncc4n3)cc2c(C)n1.Cc1cn2nc(-c3cc(=O)n4cc(N5CCC(CN6CCCC6)CC5)ccc4n3)cc2c(C)n1.Cc1cn2nc(-c3cc(=O)n4cc(N5CCC(CN6CCCCC6)CC5)ccc4n3)cc2c(C)n1.Cn1cc2cc(-c3cc(=O)n4cc(C5CCN(CCO)CC5)ncc4n3)ccc2n1. The summed E-state index contributed by atoms with van der Waals surface area (Å²) in [5.74, 6) is 3.42. The molecule has 131 heavy (non-hydrogen) atoms. The molecule has 678 valence electrons. The summed E-state index contributed by atoms with van der Waals surface area (Å²) >= 11 is 0. The topological polar surface area (TPSA) is 315 Å². The molecule has 15 aromatic heterocycles. The Bertz CT molecular complexity index is 7140. The van der Waals surface area contributed by atoms with E-state index in [-0.39, 0.29) is 28.8 Å². The monoisotopic (exact) mass is 1760 g/mol. The first-order valence-corrected chi connectivity index (χ1v) is 46.5. The predicted octanol–water partition coefficient (Wildman–Crippen LogP) is 11.1. The number of aliphatic hydroxyl groups excluding tert-OH is 1. The van der Waals surface area contributed by atoms with Gasteiger partial charge in [0.15, 0.2) is 11.3 Å².